The first-order valence-corrected chi connectivity index (χ1v) is 7.51. The number of carbonyl (C=O) groups excluding carboxylic acids is 2. The number of likely N-dealkylation sites (N-methyl/N-ethyl adjacent to an activating group) is 1. The van der Waals surface area contributed by atoms with Crippen LogP contribution in [-0.2, 0) is 11.3 Å². The number of likely N-dealkylation sites (tertiary alicyclic amines) is 1. The Hall–Kier alpha value is -1.98. The minimum Gasteiger partial charge on any atom is -0.397 e. The molecule has 2 rings (SSSR count). The lowest BCUT2D eigenvalue weighted by Crippen LogP contribution is -2.40. The van der Waals surface area contributed by atoms with Crippen molar-refractivity contribution in [1.82, 2.24) is 14.4 Å². The maximum atomic E-state index is 12.5. The van der Waals surface area contributed by atoms with Crippen molar-refractivity contribution < 1.29 is 9.59 Å². The Morgan fingerprint density at radius 2 is 2.00 bits per heavy atom. The highest BCUT2D eigenvalue weighted by atomic mass is 16.2. The largest absolute Gasteiger partial charge is 0.397 e. The van der Waals surface area contributed by atoms with Crippen molar-refractivity contribution in [2.75, 3.05) is 32.4 Å². The molecule has 6 heteroatoms. The van der Waals surface area contributed by atoms with Gasteiger partial charge in [-0.15, -0.1) is 0 Å². The van der Waals surface area contributed by atoms with E-state index < -0.39 is 0 Å². The molecule has 0 spiro atoms. The molecule has 1 aromatic heterocycles. The van der Waals surface area contributed by atoms with E-state index in [1.807, 2.05) is 16.4 Å². The minimum absolute atomic E-state index is 0.0184. The van der Waals surface area contributed by atoms with Gasteiger partial charge in [0.15, 0.2) is 0 Å². The third-order valence-corrected chi connectivity index (χ3v) is 3.78. The van der Waals surface area contributed by atoms with Gasteiger partial charge in [-0.25, -0.2) is 0 Å². The molecule has 2 N–H and O–H groups in total. The van der Waals surface area contributed by atoms with Gasteiger partial charge in [-0.2, -0.15) is 0 Å². The van der Waals surface area contributed by atoms with E-state index in [0.29, 0.717) is 11.4 Å². The van der Waals surface area contributed by atoms with Gasteiger partial charge in [0.2, 0.25) is 5.91 Å². The monoisotopic (exact) mass is 292 g/mol. The molecule has 1 aliphatic heterocycles. The van der Waals surface area contributed by atoms with Crippen molar-refractivity contribution in [2.24, 2.45) is 0 Å². The summed E-state index contributed by atoms with van der Waals surface area (Å²) in [6.45, 7) is 4.52. The average Bonchev–Trinajstić information content (AvgIpc) is 3.08. The van der Waals surface area contributed by atoms with Crippen LogP contribution in [0.25, 0.3) is 0 Å². The lowest BCUT2D eigenvalue weighted by atomic mass is 10.3. The van der Waals surface area contributed by atoms with Crippen LogP contribution in [0.15, 0.2) is 12.3 Å². The van der Waals surface area contributed by atoms with Crippen LogP contribution in [0.3, 0.4) is 0 Å². The zero-order valence-electron chi connectivity index (χ0n) is 12.8. The molecule has 0 aliphatic carbocycles. The lowest BCUT2D eigenvalue weighted by molar-refractivity contribution is -0.130. The van der Waals surface area contributed by atoms with Crippen molar-refractivity contribution in [3.8, 4) is 0 Å². The molecule has 0 unspecified atom stereocenters. The van der Waals surface area contributed by atoms with Gasteiger partial charge in [0.1, 0.15) is 5.69 Å². The fourth-order valence-electron chi connectivity index (χ4n) is 2.67. The summed E-state index contributed by atoms with van der Waals surface area (Å²) >= 11 is 0. The maximum Gasteiger partial charge on any atom is 0.270 e. The molecule has 116 valence electrons. The number of anilines is 1. The highest BCUT2D eigenvalue weighted by molar-refractivity contribution is 5.96. The molecule has 0 saturated carbocycles. The van der Waals surface area contributed by atoms with Gasteiger partial charge < -0.3 is 20.1 Å². The molecule has 0 atom stereocenters. The molecule has 1 fully saturated rings. The topological polar surface area (TPSA) is 71.6 Å². The lowest BCUT2D eigenvalue weighted by Gasteiger charge is -2.21. The van der Waals surface area contributed by atoms with Crippen LogP contribution in [0.5, 0.6) is 0 Å². The van der Waals surface area contributed by atoms with Crippen LogP contribution < -0.4 is 5.73 Å². The highest BCUT2D eigenvalue weighted by Gasteiger charge is 2.23. The number of amides is 2. The van der Waals surface area contributed by atoms with Gasteiger partial charge in [-0.05, 0) is 25.3 Å². The number of nitrogens with zero attached hydrogens (tertiary/aromatic N) is 3. The fourth-order valence-corrected chi connectivity index (χ4v) is 2.67. The number of rotatable bonds is 5. The summed E-state index contributed by atoms with van der Waals surface area (Å²) in [6, 6.07) is 1.68. The Labute approximate surface area is 125 Å². The van der Waals surface area contributed by atoms with Crippen LogP contribution in [0.1, 0.15) is 36.7 Å². The van der Waals surface area contributed by atoms with Crippen LogP contribution in [0.2, 0.25) is 0 Å². The standard InChI is InChI=1S/C15H24N4O2/c1-3-6-19-10-12(16)9-13(19)15(21)17(2)11-14(20)18-7-4-5-8-18/h9-10H,3-8,11,16H2,1-2H3. The van der Waals surface area contributed by atoms with Crippen molar-refractivity contribution in [2.45, 2.75) is 32.7 Å². The van der Waals surface area contributed by atoms with E-state index in [1.54, 1.807) is 19.3 Å². The van der Waals surface area contributed by atoms with E-state index in [0.717, 1.165) is 38.9 Å². The first kappa shape index (κ1) is 15.4. The van der Waals surface area contributed by atoms with E-state index >= 15 is 0 Å². The predicted octanol–water partition coefficient (Wildman–Crippen LogP) is 1.17. The summed E-state index contributed by atoms with van der Waals surface area (Å²) in [7, 11) is 1.66. The van der Waals surface area contributed by atoms with Crippen molar-refractivity contribution in [3.05, 3.63) is 18.0 Å². The summed E-state index contributed by atoms with van der Waals surface area (Å²) in [6.07, 6.45) is 4.80. The SMILES string of the molecule is CCCn1cc(N)cc1C(=O)N(C)CC(=O)N1CCCC1. The number of carbonyl (C=O) groups is 2. The molecule has 0 aromatic carbocycles. The van der Waals surface area contributed by atoms with Crippen molar-refractivity contribution in [1.29, 1.82) is 0 Å². The van der Waals surface area contributed by atoms with E-state index in [2.05, 4.69) is 0 Å². The zero-order chi connectivity index (χ0) is 15.4. The number of aryl methyl sites for hydroxylation is 1. The summed E-state index contributed by atoms with van der Waals surface area (Å²) in [5.41, 5.74) is 6.90. The smallest absolute Gasteiger partial charge is 0.270 e. The molecular formula is C15H24N4O2. The predicted molar refractivity (Wildman–Crippen MR) is 81.9 cm³/mol. The fraction of sp³-hybridized carbons (Fsp3) is 0.600. The quantitative estimate of drug-likeness (QED) is 0.885. The second kappa shape index (κ2) is 6.65. The minimum atomic E-state index is -0.160. The molecule has 6 nitrogen and oxygen atoms in total. The summed E-state index contributed by atoms with van der Waals surface area (Å²) < 4.78 is 1.86. The molecule has 0 radical (unpaired) electrons. The second-order valence-corrected chi connectivity index (χ2v) is 5.60. The summed E-state index contributed by atoms with van der Waals surface area (Å²) in [5.74, 6) is -0.141. The molecule has 2 heterocycles. The van der Waals surface area contributed by atoms with E-state index in [1.165, 1.54) is 4.90 Å². The third-order valence-electron chi connectivity index (χ3n) is 3.78. The van der Waals surface area contributed by atoms with Crippen LogP contribution in [-0.4, -0.2) is 52.9 Å². The van der Waals surface area contributed by atoms with Gasteiger partial charge in [-0.3, -0.25) is 9.59 Å². The van der Waals surface area contributed by atoms with Crippen LogP contribution in [0, 0.1) is 0 Å². The molecule has 2 amide bonds. The number of nitrogen functional groups attached to an aromatic ring is 1. The maximum absolute atomic E-state index is 12.5. The first-order valence-electron chi connectivity index (χ1n) is 7.51. The molecule has 1 aromatic rings. The van der Waals surface area contributed by atoms with Crippen molar-refractivity contribution >= 4 is 17.5 Å². The molecule has 1 aliphatic rings. The number of hydrogen-bond acceptors (Lipinski definition) is 3. The normalized spacial score (nSPS) is 14.5. The Kier molecular flexibility index (Phi) is 4.88. The first-order chi connectivity index (χ1) is 10.0. The highest BCUT2D eigenvalue weighted by Crippen LogP contribution is 2.14. The Balaban J connectivity index is 2.03. The Bertz CT molecular complexity index is 518. The molecular weight excluding hydrogens is 268 g/mol. The summed E-state index contributed by atoms with van der Waals surface area (Å²) in [4.78, 5) is 27.9. The van der Waals surface area contributed by atoms with Crippen LogP contribution >= 0.6 is 0 Å². The van der Waals surface area contributed by atoms with E-state index in [-0.39, 0.29) is 18.4 Å². The summed E-state index contributed by atoms with van der Waals surface area (Å²) in [5, 5.41) is 0. The Morgan fingerprint density at radius 1 is 1.33 bits per heavy atom. The average molecular weight is 292 g/mol. The third kappa shape index (κ3) is 3.56. The Morgan fingerprint density at radius 3 is 2.62 bits per heavy atom. The zero-order valence-corrected chi connectivity index (χ0v) is 12.8. The molecule has 21 heavy (non-hydrogen) atoms. The number of aromatic nitrogens is 1. The van der Waals surface area contributed by atoms with Gasteiger partial charge >= 0.3 is 0 Å². The van der Waals surface area contributed by atoms with Gasteiger partial charge in [0.25, 0.3) is 5.91 Å². The second-order valence-electron chi connectivity index (χ2n) is 5.60. The van der Waals surface area contributed by atoms with E-state index in [4.69, 9.17) is 5.73 Å². The van der Waals surface area contributed by atoms with Gasteiger partial charge in [-0.1, -0.05) is 6.92 Å². The molecule has 1 saturated heterocycles. The molecule has 0 bridgehead atoms. The van der Waals surface area contributed by atoms with Gasteiger partial charge in [0, 0.05) is 32.9 Å². The van der Waals surface area contributed by atoms with Crippen LogP contribution in [0.4, 0.5) is 5.69 Å². The van der Waals surface area contributed by atoms with E-state index in [9.17, 15) is 9.59 Å². The van der Waals surface area contributed by atoms with Crippen molar-refractivity contribution in [3.63, 3.8) is 0 Å². The number of nitrogens with two attached hydrogens (primary N) is 1. The van der Waals surface area contributed by atoms with Gasteiger partial charge in [0.05, 0.1) is 12.2 Å². The number of hydrogen-bond donors (Lipinski definition) is 1.